The molecule has 23 nitrogen and oxygen atoms in total. The number of aliphatic hydroxyl groups excluding tert-OH is 2. The number of carboxylic acid groups (broad SMARTS) is 1. The number of carbonyl (C=O) groups is 8. The summed E-state index contributed by atoms with van der Waals surface area (Å²) in [6, 6.07) is -2.43. The number of unbranched alkanes of at least 4 members (excludes halogenated alkanes) is 1. The Hall–Kier alpha value is -5.21. The van der Waals surface area contributed by atoms with Crippen molar-refractivity contribution in [3.05, 3.63) is 35.9 Å². The van der Waals surface area contributed by atoms with E-state index in [2.05, 4.69) is 55.2 Å². The lowest BCUT2D eigenvalue weighted by Gasteiger charge is -2.28. The molecule has 0 saturated heterocycles. The molecule has 0 heterocycles. The van der Waals surface area contributed by atoms with Gasteiger partial charge in [-0.05, 0) is 81.9 Å². The lowest BCUT2D eigenvalue weighted by molar-refractivity contribution is -0.143. The molecule has 18 N–H and O–H groups in total. The van der Waals surface area contributed by atoms with Gasteiger partial charge in [-0.1, -0.05) is 44.2 Å². The number of hydrogen-bond donors (Lipinski definition) is 16. The SMILES string of the molecule is CSCCC(NC(=O)C(NC(=O)C(CO)NC(=O)C(Cc1ccccc1)NC(=O)C(CCCCN)NC(=O)C(CCCNC(=N)N)NC(=O)C(CC(C)C)NC(=O)C(N)CS)C(C)O)C(=O)O. The largest absolute Gasteiger partial charge is 0.480 e. The van der Waals surface area contributed by atoms with Gasteiger partial charge < -0.3 is 75.1 Å². The summed E-state index contributed by atoms with van der Waals surface area (Å²) in [5.74, 6) is -7.38. The van der Waals surface area contributed by atoms with Gasteiger partial charge in [-0.2, -0.15) is 24.4 Å². The highest BCUT2D eigenvalue weighted by molar-refractivity contribution is 7.98. The van der Waals surface area contributed by atoms with Crippen LogP contribution in [0, 0.1) is 11.3 Å². The number of aliphatic hydroxyl groups is 2. The van der Waals surface area contributed by atoms with Gasteiger partial charge >= 0.3 is 5.97 Å². The molecule has 0 aliphatic rings. The van der Waals surface area contributed by atoms with E-state index in [4.69, 9.17) is 22.6 Å². The van der Waals surface area contributed by atoms with E-state index in [9.17, 15) is 53.7 Å². The summed E-state index contributed by atoms with van der Waals surface area (Å²) >= 11 is 5.40. The number of nitrogens with two attached hydrogens (primary N) is 3. The van der Waals surface area contributed by atoms with E-state index < -0.39 is 108 Å². The number of thioether (sulfide) groups is 1. The van der Waals surface area contributed by atoms with Crippen molar-refractivity contribution in [2.24, 2.45) is 23.1 Å². The number of nitrogens with one attached hydrogen (secondary N) is 9. The Morgan fingerprint density at radius 1 is 0.701 bits per heavy atom. The normalized spacial score (nSPS) is 15.1. The van der Waals surface area contributed by atoms with Gasteiger partial charge in [0.2, 0.25) is 41.4 Å². The van der Waals surface area contributed by atoms with E-state index in [0.29, 0.717) is 24.2 Å². The standard InChI is InChI=1S/C42H72N12O11S2/c1-23(2)19-30(51-34(57)26(44)22-66)37(60)49-28(14-10-17-47-42(45)46)35(58)48-27(13-8-9-16-43)36(59)52-31(20-25-11-6-5-7-12-25)38(61)53-32(21-55)39(62)54-33(24(3)56)40(63)50-29(41(64)65)15-18-67-4/h5-7,11-12,23-24,26-33,55-56,66H,8-10,13-22,43-44H2,1-4H3,(H,48,58)(H,49,60)(H,50,63)(H,51,57)(H,52,59)(H,53,61)(H,54,62)(H,64,65)(H4,45,46,47). The highest BCUT2D eigenvalue weighted by Crippen LogP contribution is 2.11. The van der Waals surface area contributed by atoms with Crippen molar-refractivity contribution >= 4 is 77.7 Å². The first-order valence-electron chi connectivity index (χ1n) is 22.0. The predicted octanol–water partition coefficient (Wildman–Crippen LogP) is -3.47. The molecule has 378 valence electrons. The molecule has 0 spiro atoms. The van der Waals surface area contributed by atoms with E-state index in [-0.39, 0.29) is 69.2 Å². The predicted molar refractivity (Wildman–Crippen MR) is 256 cm³/mol. The maximum absolute atomic E-state index is 14.2. The van der Waals surface area contributed by atoms with E-state index in [0.717, 1.165) is 0 Å². The molecule has 0 aromatic heterocycles. The molecule has 0 bridgehead atoms. The van der Waals surface area contributed by atoms with Crippen molar-refractivity contribution < 1.29 is 53.7 Å². The molecule has 25 heteroatoms. The fourth-order valence-corrected chi connectivity index (χ4v) is 7.02. The van der Waals surface area contributed by atoms with Crippen LogP contribution in [0.1, 0.15) is 71.3 Å². The summed E-state index contributed by atoms with van der Waals surface area (Å²) in [5, 5.41) is 57.8. The molecule has 0 aliphatic heterocycles. The average Bonchev–Trinajstić information content (AvgIpc) is 3.27. The van der Waals surface area contributed by atoms with Crippen molar-refractivity contribution in [3.8, 4) is 0 Å². The molecular weight excluding hydrogens is 913 g/mol. The van der Waals surface area contributed by atoms with Crippen molar-refractivity contribution in [2.45, 2.75) is 127 Å². The fourth-order valence-electron chi connectivity index (χ4n) is 6.38. The van der Waals surface area contributed by atoms with Crippen molar-refractivity contribution in [1.29, 1.82) is 5.41 Å². The summed E-state index contributed by atoms with van der Waals surface area (Å²) in [7, 11) is 0. The first-order chi connectivity index (χ1) is 31.7. The Kier molecular flexibility index (Phi) is 29.0. The molecule has 1 rings (SSSR count). The third kappa shape index (κ3) is 23.4. The molecule has 0 fully saturated rings. The Labute approximate surface area is 401 Å². The van der Waals surface area contributed by atoms with Crippen LogP contribution in [0.3, 0.4) is 0 Å². The highest BCUT2D eigenvalue weighted by Gasteiger charge is 2.35. The number of benzene rings is 1. The molecule has 0 saturated carbocycles. The van der Waals surface area contributed by atoms with Gasteiger partial charge in [-0.25, -0.2) is 4.79 Å². The minimum atomic E-state index is -1.73. The maximum atomic E-state index is 14.2. The van der Waals surface area contributed by atoms with Crippen molar-refractivity contribution in [3.63, 3.8) is 0 Å². The molecule has 1 aromatic carbocycles. The van der Waals surface area contributed by atoms with Crippen LogP contribution in [0.2, 0.25) is 0 Å². The summed E-state index contributed by atoms with van der Waals surface area (Å²) in [5.41, 5.74) is 17.6. The van der Waals surface area contributed by atoms with E-state index in [1.165, 1.54) is 18.7 Å². The minimum absolute atomic E-state index is 0.00707. The maximum Gasteiger partial charge on any atom is 0.326 e. The zero-order chi connectivity index (χ0) is 50.6. The number of aliphatic carboxylic acids is 1. The monoisotopic (exact) mass is 984 g/mol. The number of rotatable bonds is 33. The Balaban J connectivity index is 3.49. The number of guanidine groups is 1. The average molecular weight is 985 g/mol. The van der Waals surface area contributed by atoms with Crippen LogP contribution in [0.4, 0.5) is 0 Å². The second kappa shape index (κ2) is 32.5. The van der Waals surface area contributed by atoms with Gasteiger partial charge in [-0.15, -0.1) is 0 Å². The van der Waals surface area contributed by atoms with Gasteiger partial charge in [0.25, 0.3) is 0 Å². The number of amides is 7. The molecule has 7 amide bonds. The topological polar surface area (TPSA) is 395 Å². The quantitative estimate of drug-likeness (QED) is 0.0141. The zero-order valence-electron chi connectivity index (χ0n) is 38.5. The molecule has 1 aromatic rings. The van der Waals surface area contributed by atoms with Crippen LogP contribution < -0.4 is 59.7 Å². The second-order valence-electron chi connectivity index (χ2n) is 16.3. The fraction of sp³-hybridized carbons (Fsp3) is 0.643. The third-order valence-corrected chi connectivity index (χ3v) is 11.1. The van der Waals surface area contributed by atoms with Gasteiger partial charge in [0.15, 0.2) is 5.96 Å². The molecule has 0 radical (unpaired) electrons. The lowest BCUT2D eigenvalue weighted by Crippen LogP contribution is -2.62. The summed E-state index contributed by atoms with van der Waals surface area (Å²) in [6.07, 6.45) is 1.33. The first-order valence-corrected chi connectivity index (χ1v) is 24.0. The summed E-state index contributed by atoms with van der Waals surface area (Å²) < 4.78 is 0. The summed E-state index contributed by atoms with van der Waals surface area (Å²) in [6.45, 7) is 4.25. The number of carboxylic acids is 1. The smallest absolute Gasteiger partial charge is 0.326 e. The molecular formula is C42H72N12O11S2. The Bertz CT molecular complexity index is 1770. The third-order valence-electron chi connectivity index (χ3n) is 10.1. The minimum Gasteiger partial charge on any atom is -0.480 e. The van der Waals surface area contributed by atoms with Gasteiger partial charge in [0, 0.05) is 18.7 Å². The van der Waals surface area contributed by atoms with Crippen LogP contribution >= 0.6 is 24.4 Å². The molecule has 9 unspecified atom stereocenters. The van der Waals surface area contributed by atoms with Crippen molar-refractivity contribution in [1.82, 2.24) is 42.5 Å². The van der Waals surface area contributed by atoms with E-state index in [1.807, 2.05) is 13.8 Å². The van der Waals surface area contributed by atoms with Gasteiger partial charge in [0.1, 0.15) is 42.3 Å². The zero-order valence-corrected chi connectivity index (χ0v) is 40.3. The first kappa shape index (κ1) is 59.8. The highest BCUT2D eigenvalue weighted by atomic mass is 32.2. The molecule has 0 aliphatic carbocycles. The van der Waals surface area contributed by atoms with Crippen molar-refractivity contribution in [2.75, 3.05) is 37.5 Å². The van der Waals surface area contributed by atoms with Crippen LogP contribution in [0.5, 0.6) is 0 Å². The number of thiol groups is 1. The Morgan fingerprint density at radius 2 is 1.21 bits per heavy atom. The molecule has 67 heavy (non-hydrogen) atoms. The van der Waals surface area contributed by atoms with Gasteiger partial charge in [-0.3, -0.25) is 39.0 Å². The van der Waals surface area contributed by atoms with E-state index >= 15 is 0 Å². The van der Waals surface area contributed by atoms with Gasteiger partial charge in [0.05, 0.1) is 18.8 Å². The summed E-state index contributed by atoms with van der Waals surface area (Å²) in [4.78, 5) is 107. The second-order valence-corrected chi connectivity index (χ2v) is 17.6. The van der Waals surface area contributed by atoms with Crippen LogP contribution in [-0.2, 0) is 44.8 Å². The lowest BCUT2D eigenvalue weighted by atomic mass is 10.0. The number of hydrogen-bond acceptors (Lipinski definition) is 15. The van der Waals surface area contributed by atoms with Crippen LogP contribution in [-0.4, -0.2) is 160 Å². The number of carbonyl (C=O) groups excluding carboxylic acids is 7. The molecule has 9 atom stereocenters. The van der Waals surface area contributed by atoms with Crippen LogP contribution in [0.25, 0.3) is 0 Å². The Morgan fingerprint density at radius 3 is 1.72 bits per heavy atom. The van der Waals surface area contributed by atoms with E-state index in [1.54, 1.807) is 36.6 Å². The van der Waals surface area contributed by atoms with Crippen LogP contribution in [0.15, 0.2) is 30.3 Å².